The van der Waals surface area contributed by atoms with E-state index in [9.17, 15) is 4.39 Å². The van der Waals surface area contributed by atoms with Gasteiger partial charge in [-0.15, -0.1) is 0 Å². The molecule has 0 heterocycles. The Kier molecular flexibility index (Phi) is 2.18. The molecule has 0 amide bonds. The minimum Gasteiger partial charge on any atom is -0.247 e. The van der Waals surface area contributed by atoms with Gasteiger partial charge in [0.1, 0.15) is 6.17 Å². The summed E-state index contributed by atoms with van der Waals surface area (Å²) in [5.74, 6) is 0.466. The molecule has 0 aliphatic heterocycles. The highest BCUT2D eigenvalue weighted by molar-refractivity contribution is 9.10. The summed E-state index contributed by atoms with van der Waals surface area (Å²) in [6, 6.07) is 8.17. The molecule has 1 aliphatic carbocycles. The van der Waals surface area contributed by atoms with Crippen LogP contribution in [0.15, 0.2) is 28.7 Å². The molecule has 2 rings (SSSR count). The van der Waals surface area contributed by atoms with E-state index in [1.807, 2.05) is 12.1 Å². The lowest BCUT2D eigenvalue weighted by atomic mass is 9.78. The topological polar surface area (TPSA) is 0 Å². The van der Waals surface area contributed by atoms with Gasteiger partial charge in [-0.1, -0.05) is 28.1 Å². The second-order valence-corrected chi connectivity index (χ2v) is 4.23. The number of rotatable bonds is 1. The van der Waals surface area contributed by atoms with E-state index >= 15 is 0 Å². The number of hydrogen-bond acceptors (Lipinski definition) is 0. The van der Waals surface area contributed by atoms with Gasteiger partial charge in [-0.2, -0.15) is 0 Å². The van der Waals surface area contributed by atoms with Crippen molar-refractivity contribution in [1.82, 2.24) is 0 Å². The second kappa shape index (κ2) is 3.17. The quantitative estimate of drug-likeness (QED) is 0.689. The lowest BCUT2D eigenvalue weighted by molar-refractivity contribution is 0.179. The highest BCUT2D eigenvalue weighted by Gasteiger charge is 2.29. The van der Waals surface area contributed by atoms with Gasteiger partial charge in [-0.05, 0) is 36.5 Å². The zero-order chi connectivity index (χ0) is 8.55. The third-order valence-electron chi connectivity index (χ3n) is 2.42. The molecule has 0 aromatic heterocycles. The van der Waals surface area contributed by atoms with Crippen molar-refractivity contribution >= 4 is 15.9 Å². The molecule has 1 aromatic carbocycles. The molecule has 1 saturated carbocycles. The molecule has 0 atom stereocenters. The van der Waals surface area contributed by atoms with Crippen LogP contribution in [0.4, 0.5) is 4.39 Å². The van der Waals surface area contributed by atoms with Crippen LogP contribution in [0.1, 0.15) is 24.3 Å². The first-order chi connectivity index (χ1) is 5.75. The summed E-state index contributed by atoms with van der Waals surface area (Å²) < 4.78 is 13.6. The van der Waals surface area contributed by atoms with Gasteiger partial charge in [0.2, 0.25) is 0 Å². The molecule has 0 unspecified atom stereocenters. The minimum atomic E-state index is -0.557. The smallest absolute Gasteiger partial charge is 0.101 e. The van der Waals surface area contributed by atoms with E-state index in [0.29, 0.717) is 18.8 Å². The summed E-state index contributed by atoms with van der Waals surface area (Å²) in [7, 11) is 0. The van der Waals surface area contributed by atoms with Gasteiger partial charge in [0.05, 0.1) is 0 Å². The van der Waals surface area contributed by atoms with Gasteiger partial charge in [0, 0.05) is 4.47 Å². The number of alkyl halides is 1. The Hall–Kier alpha value is -0.370. The highest BCUT2D eigenvalue weighted by Crippen LogP contribution is 2.38. The summed E-state index contributed by atoms with van der Waals surface area (Å²) in [5, 5.41) is 0. The maximum absolute atomic E-state index is 12.5. The van der Waals surface area contributed by atoms with Crippen molar-refractivity contribution in [2.24, 2.45) is 0 Å². The van der Waals surface area contributed by atoms with Gasteiger partial charge >= 0.3 is 0 Å². The molecule has 1 aliphatic rings. The third kappa shape index (κ3) is 1.53. The first-order valence-corrected chi connectivity index (χ1v) is 4.94. The van der Waals surface area contributed by atoms with Crippen LogP contribution in [0.2, 0.25) is 0 Å². The van der Waals surface area contributed by atoms with Crippen LogP contribution in [0.25, 0.3) is 0 Å². The Balaban J connectivity index is 2.09. The predicted molar refractivity (Wildman–Crippen MR) is 51.0 cm³/mol. The normalized spacial score (nSPS) is 28.2. The Labute approximate surface area is 79.9 Å². The van der Waals surface area contributed by atoms with Crippen molar-refractivity contribution in [2.45, 2.75) is 24.9 Å². The fourth-order valence-electron chi connectivity index (χ4n) is 1.56. The SMILES string of the molecule is FC1CC(c2ccc(Br)cc2)C1. The lowest BCUT2D eigenvalue weighted by Crippen LogP contribution is -2.22. The van der Waals surface area contributed by atoms with E-state index < -0.39 is 6.17 Å². The van der Waals surface area contributed by atoms with E-state index in [0.717, 1.165) is 4.47 Å². The van der Waals surface area contributed by atoms with Crippen LogP contribution in [0, 0.1) is 0 Å². The Morgan fingerprint density at radius 2 is 1.75 bits per heavy atom. The fourth-order valence-corrected chi connectivity index (χ4v) is 1.82. The maximum Gasteiger partial charge on any atom is 0.101 e. The number of halogens is 2. The van der Waals surface area contributed by atoms with E-state index in [4.69, 9.17) is 0 Å². The van der Waals surface area contributed by atoms with Crippen molar-refractivity contribution in [2.75, 3.05) is 0 Å². The van der Waals surface area contributed by atoms with Crippen LogP contribution in [0.5, 0.6) is 0 Å². The molecule has 12 heavy (non-hydrogen) atoms. The summed E-state index contributed by atoms with van der Waals surface area (Å²) >= 11 is 3.37. The highest BCUT2D eigenvalue weighted by atomic mass is 79.9. The standard InChI is InChI=1S/C10H10BrF/c11-9-3-1-7(2-4-9)8-5-10(12)6-8/h1-4,8,10H,5-6H2. The monoisotopic (exact) mass is 228 g/mol. The molecule has 1 fully saturated rings. The van der Waals surface area contributed by atoms with Gasteiger partial charge in [-0.3, -0.25) is 0 Å². The molecule has 0 bridgehead atoms. The van der Waals surface area contributed by atoms with Gasteiger partial charge in [-0.25, -0.2) is 4.39 Å². The van der Waals surface area contributed by atoms with Crippen molar-refractivity contribution in [3.05, 3.63) is 34.3 Å². The van der Waals surface area contributed by atoms with E-state index in [1.54, 1.807) is 0 Å². The van der Waals surface area contributed by atoms with Crippen molar-refractivity contribution in [3.63, 3.8) is 0 Å². The average molecular weight is 229 g/mol. The van der Waals surface area contributed by atoms with E-state index in [2.05, 4.69) is 28.1 Å². The third-order valence-corrected chi connectivity index (χ3v) is 2.95. The van der Waals surface area contributed by atoms with Crippen LogP contribution in [0.3, 0.4) is 0 Å². The van der Waals surface area contributed by atoms with Gasteiger partial charge < -0.3 is 0 Å². The largest absolute Gasteiger partial charge is 0.247 e. The molecule has 0 radical (unpaired) electrons. The molecule has 0 spiro atoms. The predicted octanol–water partition coefficient (Wildman–Crippen LogP) is 3.66. The van der Waals surface area contributed by atoms with Crippen LogP contribution < -0.4 is 0 Å². The molecule has 0 saturated heterocycles. The first kappa shape index (κ1) is 8.24. The number of hydrogen-bond donors (Lipinski definition) is 0. The molecule has 2 heteroatoms. The van der Waals surface area contributed by atoms with E-state index in [1.165, 1.54) is 5.56 Å². The van der Waals surface area contributed by atoms with Gasteiger partial charge in [0.15, 0.2) is 0 Å². The average Bonchev–Trinajstić information content (AvgIpc) is 2.01. The Morgan fingerprint density at radius 1 is 1.17 bits per heavy atom. The molecular weight excluding hydrogens is 219 g/mol. The summed E-state index contributed by atoms with van der Waals surface area (Å²) in [6.45, 7) is 0. The second-order valence-electron chi connectivity index (χ2n) is 3.32. The molecule has 64 valence electrons. The van der Waals surface area contributed by atoms with Crippen molar-refractivity contribution < 1.29 is 4.39 Å². The summed E-state index contributed by atoms with van der Waals surface area (Å²) in [5.41, 5.74) is 1.27. The zero-order valence-electron chi connectivity index (χ0n) is 6.63. The molecule has 0 N–H and O–H groups in total. The molecular formula is C10H10BrF. The Bertz CT molecular complexity index is 262. The lowest BCUT2D eigenvalue weighted by Gasteiger charge is -2.29. The van der Waals surface area contributed by atoms with Crippen LogP contribution >= 0.6 is 15.9 Å². The van der Waals surface area contributed by atoms with E-state index in [-0.39, 0.29) is 0 Å². The first-order valence-electron chi connectivity index (χ1n) is 4.15. The van der Waals surface area contributed by atoms with Crippen molar-refractivity contribution in [1.29, 1.82) is 0 Å². The minimum absolute atomic E-state index is 0.466. The Morgan fingerprint density at radius 3 is 2.25 bits per heavy atom. The van der Waals surface area contributed by atoms with Crippen LogP contribution in [-0.4, -0.2) is 6.17 Å². The summed E-state index contributed by atoms with van der Waals surface area (Å²) in [4.78, 5) is 0. The molecule has 1 aromatic rings. The molecule has 0 nitrogen and oxygen atoms in total. The maximum atomic E-state index is 12.5. The summed E-state index contributed by atoms with van der Waals surface area (Å²) in [6.07, 6.45) is 0.863. The zero-order valence-corrected chi connectivity index (χ0v) is 8.22. The fraction of sp³-hybridized carbons (Fsp3) is 0.400. The van der Waals surface area contributed by atoms with Crippen molar-refractivity contribution in [3.8, 4) is 0 Å². The van der Waals surface area contributed by atoms with Crippen LogP contribution in [-0.2, 0) is 0 Å². The van der Waals surface area contributed by atoms with Gasteiger partial charge in [0.25, 0.3) is 0 Å². The number of benzene rings is 1.